The van der Waals surface area contributed by atoms with Gasteiger partial charge in [0.05, 0.1) is 0 Å². The van der Waals surface area contributed by atoms with Crippen molar-refractivity contribution >= 4 is 53.3 Å². The fourth-order valence-corrected chi connectivity index (χ4v) is 7.48. The lowest BCUT2D eigenvalue weighted by Gasteiger charge is -2.28. The molecule has 1 aliphatic rings. The number of hydrogen-bond acceptors (Lipinski definition) is 5. The first-order chi connectivity index (χ1) is 9.19. The van der Waals surface area contributed by atoms with E-state index in [1.165, 1.54) is 29.4 Å². The van der Waals surface area contributed by atoms with Crippen molar-refractivity contribution in [3.63, 3.8) is 0 Å². The average molecular weight is 338 g/mol. The van der Waals surface area contributed by atoms with E-state index in [-0.39, 0.29) is 0 Å². The van der Waals surface area contributed by atoms with Crippen molar-refractivity contribution in [3.05, 3.63) is 0 Å². The third-order valence-electron chi connectivity index (χ3n) is 3.26. The van der Waals surface area contributed by atoms with Crippen LogP contribution in [0, 0.1) is 5.41 Å². The van der Waals surface area contributed by atoms with Gasteiger partial charge in [-0.1, -0.05) is 20.8 Å². The van der Waals surface area contributed by atoms with Crippen molar-refractivity contribution in [2.75, 3.05) is 23.0 Å². The summed E-state index contributed by atoms with van der Waals surface area (Å²) in [6.07, 6.45) is 3.99. The Balaban J connectivity index is 2.13. The second-order valence-corrected chi connectivity index (χ2v) is 10.3. The van der Waals surface area contributed by atoms with Gasteiger partial charge in [-0.05, 0) is 12.8 Å². The zero-order chi connectivity index (χ0) is 14.1. The predicted octanol–water partition coefficient (Wildman–Crippen LogP) is 4.90. The lowest BCUT2D eigenvalue weighted by molar-refractivity contribution is 0.903. The molecular formula is C14H27NS4. The normalized spacial score (nSPS) is 26.9. The van der Waals surface area contributed by atoms with Gasteiger partial charge in [0.2, 0.25) is 0 Å². The lowest BCUT2D eigenvalue weighted by atomic mass is 10.4. The average Bonchev–Trinajstić information content (AvgIpc) is 2.47. The molecule has 5 heteroatoms. The van der Waals surface area contributed by atoms with Gasteiger partial charge in [-0.25, -0.2) is 0 Å². The highest BCUT2D eigenvalue weighted by Gasteiger charge is 2.23. The van der Waals surface area contributed by atoms with Gasteiger partial charge in [-0.3, -0.25) is 0 Å². The van der Waals surface area contributed by atoms with E-state index in [1.54, 1.807) is 6.21 Å². The van der Waals surface area contributed by atoms with E-state index in [9.17, 15) is 0 Å². The molecule has 112 valence electrons. The SMILES string of the molecule is CCC(C)SCC1CSC(CSC(C=N)CC)CS1. The number of thioether (sulfide) groups is 4. The quantitative estimate of drug-likeness (QED) is 0.605. The highest BCUT2D eigenvalue weighted by atomic mass is 32.2. The fourth-order valence-electron chi connectivity index (χ4n) is 1.68. The minimum absolute atomic E-state index is 0.435. The fraction of sp³-hybridized carbons (Fsp3) is 0.929. The van der Waals surface area contributed by atoms with E-state index in [1.807, 2.05) is 11.8 Å². The topological polar surface area (TPSA) is 23.9 Å². The van der Waals surface area contributed by atoms with Crippen LogP contribution in [0.4, 0.5) is 0 Å². The first-order valence-electron chi connectivity index (χ1n) is 7.16. The monoisotopic (exact) mass is 337 g/mol. The number of nitrogens with one attached hydrogen (secondary N) is 1. The van der Waals surface area contributed by atoms with Gasteiger partial charge in [-0.2, -0.15) is 47.0 Å². The minimum atomic E-state index is 0.435. The Hall–Kier alpha value is 1.07. The molecule has 1 nitrogen and oxygen atoms in total. The van der Waals surface area contributed by atoms with Crippen LogP contribution >= 0.6 is 47.0 Å². The largest absolute Gasteiger partial charge is 0.312 e. The van der Waals surface area contributed by atoms with Gasteiger partial charge in [0.15, 0.2) is 0 Å². The van der Waals surface area contributed by atoms with Crippen molar-refractivity contribution in [2.24, 2.45) is 0 Å². The Morgan fingerprint density at radius 2 is 1.68 bits per heavy atom. The van der Waals surface area contributed by atoms with Crippen LogP contribution in [0.1, 0.15) is 33.6 Å². The molecule has 4 unspecified atom stereocenters. The van der Waals surface area contributed by atoms with E-state index in [0.29, 0.717) is 5.25 Å². The van der Waals surface area contributed by atoms with Gasteiger partial charge in [-0.15, -0.1) is 0 Å². The molecule has 0 amide bonds. The highest BCUT2D eigenvalue weighted by molar-refractivity contribution is 8.09. The molecule has 0 radical (unpaired) electrons. The molecule has 0 bridgehead atoms. The van der Waals surface area contributed by atoms with Crippen LogP contribution in [0.15, 0.2) is 0 Å². The summed E-state index contributed by atoms with van der Waals surface area (Å²) in [5, 5.41) is 10.3. The summed E-state index contributed by atoms with van der Waals surface area (Å²) in [6, 6.07) is 0. The van der Waals surface area contributed by atoms with E-state index in [4.69, 9.17) is 5.41 Å². The summed E-state index contributed by atoms with van der Waals surface area (Å²) in [6.45, 7) is 6.79. The molecule has 1 aliphatic heterocycles. The van der Waals surface area contributed by atoms with Crippen LogP contribution in [0.3, 0.4) is 0 Å². The van der Waals surface area contributed by atoms with E-state index >= 15 is 0 Å². The second-order valence-electron chi connectivity index (χ2n) is 4.91. The summed E-state index contributed by atoms with van der Waals surface area (Å²) in [5.41, 5.74) is 0. The van der Waals surface area contributed by atoms with Crippen LogP contribution in [-0.4, -0.2) is 50.2 Å². The first kappa shape index (κ1) is 18.1. The van der Waals surface area contributed by atoms with Crippen molar-refractivity contribution in [2.45, 2.75) is 54.6 Å². The maximum absolute atomic E-state index is 7.36. The van der Waals surface area contributed by atoms with Crippen LogP contribution in [0.5, 0.6) is 0 Å². The molecule has 1 rings (SSSR count). The predicted molar refractivity (Wildman–Crippen MR) is 100 cm³/mol. The van der Waals surface area contributed by atoms with Crippen LogP contribution in [-0.2, 0) is 0 Å². The molecule has 0 aromatic heterocycles. The molecule has 1 heterocycles. The van der Waals surface area contributed by atoms with Crippen molar-refractivity contribution in [1.82, 2.24) is 0 Å². The van der Waals surface area contributed by atoms with Crippen LogP contribution in [0.2, 0.25) is 0 Å². The van der Waals surface area contributed by atoms with Gasteiger partial charge in [0.25, 0.3) is 0 Å². The molecule has 19 heavy (non-hydrogen) atoms. The summed E-state index contributed by atoms with van der Waals surface area (Å²) >= 11 is 8.45. The maximum Gasteiger partial charge on any atom is 0.0391 e. The van der Waals surface area contributed by atoms with Gasteiger partial charge < -0.3 is 5.41 Å². The second kappa shape index (κ2) is 10.7. The van der Waals surface area contributed by atoms with Gasteiger partial charge >= 0.3 is 0 Å². The molecule has 0 aromatic carbocycles. The van der Waals surface area contributed by atoms with Crippen molar-refractivity contribution in [1.29, 1.82) is 5.41 Å². The smallest absolute Gasteiger partial charge is 0.0391 e. The maximum atomic E-state index is 7.36. The molecule has 0 saturated carbocycles. The Morgan fingerprint density at radius 3 is 2.11 bits per heavy atom. The summed E-state index contributed by atoms with van der Waals surface area (Å²) in [4.78, 5) is 0. The van der Waals surface area contributed by atoms with E-state index in [2.05, 4.69) is 56.1 Å². The molecule has 1 fully saturated rings. The lowest BCUT2D eigenvalue weighted by Crippen LogP contribution is -2.26. The zero-order valence-electron chi connectivity index (χ0n) is 12.3. The summed E-state index contributed by atoms with van der Waals surface area (Å²) in [7, 11) is 0. The minimum Gasteiger partial charge on any atom is -0.312 e. The summed E-state index contributed by atoms with van der Waals surface area (Å²) < 4.78 is 0. The Labute approximate surface area is 136 Å². The van der Waals surface area contributed by atoms with Gasteiger partial charge in [0, 0.05) is 50.2 Å². The van der Waals surface area contributed by atoms with E-state index < -0.39 is 0 Å². The molecule has 4 atom stereocenters. The highest BCUT2D eigenvalue weighted by Crippen LogP contribution is 2.34. The third kappa shape index (κ3) is 7.58. The van der Waals surface area contributed by atoms with Crippen molar-refractivity contribution in [3.8, 4) is 0 Å². The summed E-state index contributed by atoms with van der Waals surface area (Å²) in [5.74, 6) is 5.17. The molecule has 1 saturated heterocycles. The first-order valence-corrected chi connectivity index (χ1v) is 11.4. The molecule has 1 N–H and O–H groups in total. The zero-order valence-corrected chi connectivity index (χ0v) is 15.5. The molecule has 0 spiro atoms. The van der Waals surface area contributed by atoms with E-state index in [0.717, 1.165) is 22.2 Å². The molecule has 0 aliphatic carbocycles. The number of rotatable bonds is 9. The Kier molecular flexibility index (Phi) is 10.2. The third-order valence-corrected chi connectivity index (χ3v) is 9.89. The molecule has 0 aromatic rings. The van der Waals surface area contributed by atoms with Gasteiger partial charge in [0.1, 0.15) is 0 Å². The molecular weight excluding hydrogens is 310 g/mol. The van der Waals surface area contributed by atoms with Crippen LogP contribution in [0.25, 0.3) is 0 Å². The van der Waals surface area contributed by atoms with Crippen molar-refractivity contribution < 1.29 is 0 Å². The van der Waals surface area contributed by atoms with Crippen LogP contribution < -0.4 is 0 Å². The number of hydrogen-bond donors (Lipinski definition) is 1. The Morgan fingerprint density at radius 1 is 1.11 bits per heavy atom. The Bertz CT molecular complexity index is 242. The standard InChI is InChI=1S/C14H27NS4/c1-4-11(3)16-7-13-9-19-14(10-18-13)8-17-12(5-2)6-15/h6,11-15H,4-5,7-10H2,1-3H3.